The first-order valence-electron chi connectivity index (χ1n) is 9.89. The monoisotopic (exact) mass is 406 g/mol. The molecule has 1 aromatic carbocycles. The summed E-state index contributed by atoms with van der Waals surface area (Å²) in [4.78, 5) is 16.4. The predicted molar refractivity (Wildman–Crippen MR) is 114 cm³/mol. The quantitative estimate of drug-likeness (QED) is 0.576. The number of nitrogens with zero attached hydrogens (tertiary/aromatic N) is 4. The van der Waals surface area contributed by atoms with E-state index in [2.05, 4.69) is 28.9 Å². The van der Waals surface area contributed by atoms with Gasteiger partial charge in [-0.05, 0) is 41.9 Å². The summed E-state index contributed by atoms with van der Waals surface area (Å²) in [6.45, 7) is 4.86. The molecule has 0 N–H and O–H groups in total. The first-order chi connectivity index (χ1) is 14.3. The van der Waals surface area contributed by atoms with Crippen molar-refractivity contribution in [2.24, 2.45) is 4.99 Å². The largest absolute Gasteiger partial charge is 0.454 e. The second-order valence-electron chi connectivity index (χ2n) is 7.19. The molecule has 0 saturated carbocycles. The van der Waals surface area contributed by atoms with Crippen LogP contribution < -0.4 is 9.47 Å². The maximum Gasteiger partial charge on any atom is 0.231 e. The molecule has 0 bridgehead atoms. The van der Waals surface area contributed by atoms with Crippen molar-refractivity contribution in [1.29, 1.82) is 0 Å². The third-order valence-corrected chi connectivity index (χ3v) is 6.14. The van der Waals surface area contributed by atoms with Crippen LogP contribution in [0.25, 0.3) is 10.9 Å². The molecule has 29 heavy (non-hydrogen) atoms. The molecule has 148 valence electrons. The highest BCUT2D eigenvalue weighted by atomic mass is 32.2. The summed E-state index contributed by atoms with van der Waals surface area (Å²) in [5.41, 5.74) is 3.31. The van der Waals surface area contributed by atoms with Crippen molar-refractivity contribution in [1.82, 2.24) is 14.9 Å². The zero-order valence-electron chi connectivity index (χ0n) is 16.3. The Bertz CT molecular complexity index is 1070. The summed E-state index contributed by atoms with van der Waals surface area (Å²) in [5, 5.41) is 3.12. The number of aromatic nitrogens is 2. The fourth-order valence-electron chi connectivity index (χ4n) is 3.52. The molecule has 2 aliphatic heterocycles. The summed E-state index contributed by atoms with van der Waals surface area (Å²) >= 11 is 1.66. The van der Waals surface area contributed by atoms with Crippen LogP contribution in [0, 0.1) is 0 Å². The van der Waals surface area contributed by atoms with Gasteiger partial charge in [-0.2, -0.15) is 0 Å². The SMILES string of the molecule is CCCCN=C1Sc2nc3cc4c(cc3cc2CN1Cc1cccnc1)OCO4. The molecule has 5 rings (SSSR count). The highest BCUT2D eigenvalue weighted by molar-refractivity contribution is 8.13. The van der Waals surface area contributed by atoms with Gasteiger partial charge in [0.25, 0.3) is 0 Å². The Morgan fingerprint density at radius 2 is 2.10 bits per heavy atom. The fraction of sp³-hybridized carbons (Fsp3) is 0.318. The van der Waals surface area contributed by atoms with E-state index in [0.29, 0.717) is 0 Å². The molecule has 0 fully saturated rings. The Hall–Kier alpha value is -2.80. The van der Waals surface area contributed by atoms with Crippen molar-refractivity contribution in [2.75, 3.05) is 13.3 Å². The molecule has 6 nitrogen and oxygen atoms in total. The minimum atomic E-state index is 0.271. The van der Waals surface area contributed by atoms with Gasteiger partial charge in [-0.25, -0.2) is 4.98 Å². The number of benzene rings is 1. The van der Waals surface area contributed by atoms with Crippen LogP contribution in [0.3, 0.4) is 0 Å². The molecule has 0 spiro atoms. The molecule has 0 aliphatic carbocycles. The molecule has 7 heteroatoms. The first kappa shape index (κ1) is 18.2. The van der Waals surface area contributed by atoms with Gasteiger partial charge in [-0.1, -0.05) is 19.4 Å². The van der Waals surface area contributed by atoms with Crippen LogP contribution in [0.15, 0.2) is 52.7 Å². The molecular formula is C22H22N4O2S. The lowest BCUT2D eigenvalue weighted by molar-refractivity contribution is 0.174. The van der Waals surface area contributed by atoms with Gasteiger partial charge in [0.1, 0.15) is 5.03 Å². The summed E-state index contributed by atoms with van der Waals surface area (Å²) in [5.74, 6) is 1.55. The molecular weight excluding hydrogens is 384 g/mol. The predicted octanol–water partition coefficient (Wildman–Crippen LogP) is 4.62. The maximum absolute atomic E-state index is 5.53. The normalized spacial score (nSPS) is 16.4. The summed E-state index contributed by atoms with van der Waals surface area (Å²) in [7, 11) is 0. The van der Waals surface area contributed by atoms with Crippen LogP contribution >= 0.6 is 11.8 Å². The Morgan fingerprint density at radius 3 is 2.93 bits per heavy atom. The zero-order chi connectivity index (χ0) is 19.6. The van der Waals surface area contributed by atoms with Crippen molar-refractivity contribution < 1.29 is 9.47 Å². The minimum Gasteiger partial charge on any atom is -0.454 e. The first-order valence-corrected chi connectivity index (χ1v) is 10.7. The number of hydrogen-bond donors (Lipinski definition) is 0. The second-order valence-corrected chi connectivity index (χ2v) is 8.14. The van der Waals surface area contributed by atoms with E-state index in [1.165, 1.54) is 11.1 Å². The Kier molecular flexibility index (Phi) is 4.97. The highest BCUT2D eigenvalue weighted by Gasteiger charge is 2.25. The zero-order valence-corrected chi connectivity index (χ0v) is 17.1. The number of ether oxygens (including phenoxy) is 2. The lowest BCUT2D eigenvalue weighted by atomic mass is 10.1. The van der Waals surface area contributed by atoms with E-state index in [1.807, 2.05) is 24.4 Å². The van der Waals surface area contributed by atoms with Crippen molar-refractivity contribution in [3.05, 3.63) is 53.9 Å². The van der Waals surface area contributed by atoms with Crippen LogP contribution in [0.4, 0.5) is 0 Å². The van der Waals surface area contributed by atoms with Gasteiger partial charge in [0.2, 0.25) is 6.79 Å². The molecule has 2 aliphatic rings. The van der Waals surface area contributed by atoms with Gasteiger partial charge in [0, 0.05) is 49.0 Å². The number of unbranched alkanes of at least 4 members (excludes halogenated alkanes) is 1. The van der Waals surface area contributed by atoms with E-state index in [4.69, 9.17) is 19.5 Å². The maximum atomic E-state index is 5.53. The molecule has 3 aromatic rings. The van der Waals surface area contributed by atoms with Gasteiger partial charge in [-0.15, -0.1) is 0 Å². The van der Waals surface area contributed by atoms with E-state index >= 15 is 0 Å². The lowest BCUT2D eigenvalue weighted by Crippen LogP contribution is -2.32. The van der Waals surface area contributed by atoms with E-state index in [9.17, 15) is 0 Å². The van der Waals surface area contributed by atoms with Crippen LogP contribution in [0.1, 0.15) is 30.9 Å². The van der Waals surface area contributed by atoms with Crippen molar-refractivity contribution in [3.8, 4) is 11.5 Å². The van der Waals surface area contributed by atoms with Gasteiger partial charge < -0.3 is 14.4 Å². The molecule has 0 atom stereocenters. The molecule has 0 unspecified atom stereocenters. The average Bonchev–Trinajstić information content (AvgIpc) is 3.19. The van der Waals surface area contributed by atoms with Crippen LogP contribution in [-0.2, 0) is 13.1 Å². The molecule has 0 saturated heterocycles. The Labute approximate surface area is 174 Å². The third-order valence-electron chi connectivity index (χ3n) is 5.02. The van der Waals surface area contributed by atoms with Gasteiger partial charge in [-0.3, -0.25) is 9.98 Å². The van der Waals surface area contributed by atoms with Crippen molar-refractivity contribution in [2.45, 2.75) is 37.9 Å². The van der Waals surface area contributed by atoms with E-state index in [1.54, 1.807) is 18.0 Å². The van der Waals surface area contributed by atoms with Gasteiger partial charge in [0.15, 0.2) is 16.7 Å². The second kappa shape index (κ2) is 7.91. The highest BCUT2D eigenvalue weighted by Crippen LogP contribution is 2.39. The van der Waals surface area contributed by atoms with Crippen LogP contribution in [0.5, 0.6) is 11.5 Å². The Morgan fingerprint density at radius 1 is 1.21 bits per heavy atom. The number of fused-ring (bicyclic) bond motifs is 3. The van der Waals surface area contributed by atoms with E-state index in [-0.39, 0.29) is 6.79 Å². The smallest absolute Gasteiger partial charge is 0.231 e. The molecule has 0 amide bonds. The number of aliphatic imine (C=N–C) groups is 1. The fourth-order valence-corrected chi connectivity index (χ4v) is 4.50. The number of amidine groups is 1. The van der Waals surface area contributed by atoms with Crippen molar-refractivity contribution in [3.63, 3.8) is 0 Å². The Balaban J connectivity index is 1.50. The van der Waals surface area contributed by atoms with Crippen LogP contribution in [-0.4, -0.2) is 33.4 Å². The summed E-state index contributed by atoms with van der Waals surface area (Å²) in [6.07, 6.45) is 5.95. The van der Waals surface area contributed by atoms with E-state index < -0.39 is 0 Å². The van der Waals surface area contributed by atoms with E-state index in [0.717, 1.165) is 65.1 Å². The lowest BCUT2D eigenvalue weighted by Gasteiger charge is -2.31. The minimum absolute atomic E-state index is 0.271. The number of hydrogen-bond acceptors (Lipinski definition) is 6. The van der Waals surface area contributed by atoms with Crippen molar-refractivity contribution >= 4 is 27.8 Å². The topological polar surface area (TPSA) is 59.8 Å². The van der Waals surface area contributed by atoms with Gasteiger partial charge in [0.05, 0.1) is 5.52 Å². The standard InChI is InChI=1S/C22H22N4O2S/c1-2-3-7-24-22-26(12-15-5-4-6-23-11-15)13-17-8-16-9-19-20(28-14-27-19)10-18(16)25-21(17)29-22/h4-6,8-11H,2-3,7,12-14H2,1H3. The molecule has 0 radical (unpaired) electrons. The molecule has 2 aromatic heterocycles. The average molecular weight is 407 g/mol. The number of thioether (sulfide) groups is 1. The third kappa shape index (κ3) is 3.74. The number of rotatable bonds is 5. The summed E-state index contributed by atoms with van der Waals surface area (Å²) in [6, 6.07) is 10.3. The van der Waals surface area contributed by atoms with Gasteiger partial charge >= 0.3 is 0 Å². The summed E-state index contributed by atoms with van der Waals surface area (Å²) < 4.78 is 11.0. The number of pyridine rings is 2. The molecule has 4 heterocycles. The van der Waals surface area contributed by atoms with Crippen LogP contribution in [0.2, 0.25) is 0 Å².